The van der Waals surface area contributed by atoms with Gasteiger partial charge in [0.25, 0.3) is 0 Å². The number of hydrogen-bond donors (Lipinski definition) is 1. The molecule has 1 aromatic rings. The molecule has 0 saturated carbocycles. The van der Waals surface area contributed by atoms with E-state index >= 15 is 0 Å². The molecule has 3 heteroatoms. The molecule has 76 valence electrons. The first-order valence-electron chi connectivity index (χ1n) is 4.90. The molecule has 1 nitrogen and oxygen atoms in total. The number of thiophene rings is 1. The van der Waals surface area contributed by atoms with E-state index in [0.29, 0.717) is 0 Å². The number of aryl methyl sites for hydroxylation is 2. The van der Waals surface area contributed by atoms with E-state index in [1.165, 1.54) is 24.1 Å². The van der Waals surface area contributed by atoms with Gasteiger partial charge in [-0.1, -0.05) is 22.5 Å². The van der Waals surface area contributed by atoms with Crippen molar-refractivity contribution < 1.29 is 0 Å². The predicted molar refractivity (Wildman–Crippen MR) is 66.1 cm³/mol. The number of halogens is 1. The molecule has 0 bridgehead atoms. The average Bonchev–Trinajstić information content (AvgIpc) is 2.62. The summed E-state index contributed by atoms with van der Waals surface area (Å²) in [6, 6.07) is 2.36. The second-order valence-corrected chi connectivity index (χ2v) is 5.98. The van der Waals surface area contributed by atoms with Crippen LogP contribution in [-0.2, 0) is 19.4 Å². The highest BCUT2D eigenvalue weighted by Crippen LogP contribution is 2.30. The van der Waals surface area contributed by atoms with Gasteiger partial charge in [0.15, 0.2) is 0 Å². The van der Waals surface area contributed by atoms with Gasteiger partial charge in [0.05, 0.1) is 0 Å². The van der Waals surface area contributed by atoms with Crippen LogP contribution in [0.2, 0.25) is 0 Å². The van der Waals surface area contributed by atoms with Gasteiger partial charge in [-0.05, 0) is 30.9 Å². The molecule has 2 rings (SSSR count). The molecule has 0 aromatic carbocycles. The van der Waals surface area contributed by atoms with Crippen molar-refractivity contribution in [2.75, 3.05) is 6.54 Å². The minimum atomic E-state index is 0.850. The van der Waals surface area contributed by atoms with Gasteiger partial charge in [-0.15, -0.1) is 11.3 Å². The summed E-state index contributed by atoms with van der Waals surface area (Å²) in [6.45, 7) is 5.62. The van der Waals surface area contributed by atoms with Crippen LogP contribution in [0.5, 0.6) is 0 Å². The predicted octanol–water partition coefficient (Wildman–Crippen LogP) is 3.24. The molecular formula is C11H14BrNS. The molecule has 0 unspecified atom stereocenters. The molecule has 0 radical (unpaired) electrons. The van der Waals surface area contributed by atoms with Gasteiger partial charge in [0.2, 0.25) is 0 Å². The summed E-state index contributed by atoms with van der Waals surface area (Å²) in [4.78, 5) is 3.07. The fraction of sp³-hybridized carbons (Fsp3) is 0.455. The Morgan fingerprint density at radius 1 is 1.57 bits per heavy atom. The molecule has 0 atom stereocenters. The molecule has 1 aliphatic rings. The summed E-state index contributed by atoms with van der Waals surface area (Å²) in [7, 11) is 0. The fourth-order valence-electron chi connectivity index (χ4n) is 1.80. The Kier molecular flexibility index (Phi) is 3.42. The summed E-state index contributed by atoms with van der Waals surface area (Å²) in [5, 5.41) is 3.35. The fourth-order valence-corrected chi connectivity index (χ4v) is 3.23. The van der Waals surface area contributed by atoms with Crippen LogP contribution in [0.1, 0.15) is 21.7 Å². The molecule has 1 aromatic heterocycles. The first-order valence-corrected chi connectivity index (χ1v) is 6.51. The van der Waals surface area contributed by atoms with Crippen LogP contribution in [0, 0.1) is 0 Å². The summed E-state index contributed by atoms with van der Waals surface area (Å²) >= 11 is 5.31. The molecule has 0 fully saturated rings. The van der Waals surface area contributed by atoms with Crippen molar-refractivity contribution in [2.45, 2.75) is 25.8 Å². The Balaban J connectivity index is 1.88. The topological polar surface area (TPSA) is 12.0 Å². The van der Waals surface area contributed by atoms with E-state index in [4.69, 9.17) is 0 Å². The van der Waals surface area contributed by atoms with E-state index in [1.54, 1.807) is 10.4 Å². The zero-order valence-electron chi connectivity index (χ0n) is 8.11. The van der Waals surface area contributed by atoms with Crippen LogP contribution in [0.3, 0.4) is 0 Å². The molecule has 0 spiro atoms. The van der Waals surface area contributed by atoms with Crippen LogP contribution in [-0.4, -0.2) is 6.54 Å². The Morgan fingerprint density at radius 3 is 3.14 bits per heavy atom. The van der Waals surface area contributed by atoms with Crippen molar-refractivity contribution >= 4 is 27.3 Å². The SMILES string of the molecule is C=C(Br)CNCc1cc2c(s1)CCC2. The van der Waals surface area contributed by atoms with E-state index in [2.05, 4.69) is 33.9 Å². The Labute approximate surface area is 97.3 Å². The van der Waals surface area contributed by atoms with Gasteiger partial charge in [-0.3, -0.25) is 0 Å². The third-order valence-corrected chi connectivity index (χ3v) is 3.93. The highest BCUT2D eigenvalue weighted by atomic mass is 79.9. The maximum absolute atomic E-state index is 3.79. The molecule has 1 aliphatic carbocycles. The van der Waals surface area contributed by atoms with Crippen LogP contribution in [0.25, 0.3) is 0 Å². The second-order valence-electron chi connectivity index (χ2n) is 3.64. The van der Waals surface area contributed by atoms with Crippen molar-refractivity contribution in [2.24, 2.45) is 0 Å². The van der Waals surface area contributed by atoms with Crippen molar-refractivity contribution in [3.05, 3.63) is 32.4 Å². The standard InChI is InChI=1S/C11H14BrNS/c1-8(12)6-13-7-10-5-9-3-2-4-11(9)14-10/h5,13H,1-4,6-7H2. The highest BCUT2D eigenvalue weighted by Gasteiger charge is 2.14. The molecular weight excluding hydrogens is 258 g/mol. The van der Waals surface area contributed by atoms with E-state index < -0.39 is 0 Å². The molecule has 0 saturated heterocycles. The van der Waals surface area contributed by atoms with E-state index in [0.717, 1.165) is 17.6 Å². The number of rotatable bonds is 4. The zero-order chi connectivity index (χ0) is 9.97. The van der Waals surface area contributed by atoms with Gasteiger partial charge in [-0.25, -0.2) is 0 Å². The van der Waals surface area contributed by atoms with E-state index in [-0.39, 0.29) is 0 Å². The average molecular weight is 272 g/mol. The van der Waals surface area contributed by atoms with Crippen LogP contribution in [0.4, 0.5) is 0 Å². The minimum Gasteiger partial charge on any atom is -0.307 e. The first-order chi connectivity index (χ1) is 6.75. The highest BCUT2D eigenvalue weighted by molar-refractivity contribution is 9.11. The van der Waals surface area contributed by atoms with Gasteiger partial charge in [-0.2, -0.15) is 0 Å². The minimum absolute atomic E-state index is 0.850. The van der Waals surface area contributed by atoms with E-state index in [9.17, 15) is 0 Å². The smallest absolute Gasteiger partial charge is 0.0303 e. The quantitative estimate of drug-likeness (QED) is 0.887. The molecule has 14 heavy (non-hydrogen) atoms. The van der Waals surface area contributed by atoms with Gasteiger partial charge >= 0.3 is 0 Å². The Morgan fingerprint density at radius 2 is 2.43 bits per heavy atom. The molecule has 1 heterocycles. The summed E-state index contributed by atoms with van der Waals surface area (Å²) < 4.78 is 1.02. The van der Waals surface area contributed by atoms with Gasteiger partial charge < -0.3 is 5.32 Å². The Bertz CT molecular complexity index is 322. The first kappa shape index (κ1) is 10.4. The monoisotopic (exact) mass is 271 g/mol. The lowest BCUT2D eigenvalue weighted by Crippen LogP contribution is -2.13. The second kappa shape index (κ2) is 4.60. The number of nitrogens with one attached hydrogen (secondary N) is 1. The molecule has 1 N–H and O–H groups in total. The van der Waals surface area contributed by atoms with Gasteiger partial charge in [0.1, 0.15) is 0 Å². The lowest BCUT2D eigenvalue weighted by atomic mass is 10.2. The summed E-state index contributed by atoms with van der Waals surface area (Å²) in [5.41, 5.74) is 1.59. The van der Waals surface area contributed by atoms with Crippen LogP contribution >= 0.6 is 27.3 Å². The summed E-state index contributed by atoms with van der Waals surface area (Å²) in [5.74, 6) is 0. The normalized spacial score (nSPS) is 14.4. The largest absolute Gasteiger partial charge is 0.307 e. The van der Waals surface area contributed by atoms with Crippen molar-refractivity contribution in [1.29, 1.82) is 0 Å². The number of hydrogen-bond acceptors (Lipinski definition) is 2. The number of fused-ring (bicyclic) bond motifs is 1. The third kappa shape index (κ3) is 2.47. The maximum Gasteiger partial charge on any atom is 0.0303 e. The van der Waals surface area contributed by atoms with Crippen LogP contribution in [0.15, 0.2) is 17.1 Å². The zero-order valence-corrected chi connectivity index (χ0v) is 10.5. The Hall–Kier alpha value is -0.120. The van der Waals surface area contributed by atoms with Crippen molar-refractivity contribution in [3.8, 4) is 0 Å². The van der Waals surface area contributed by atoms with Gasteiger partial charge in [0, 0.05) is 27.3 Å². The third-order valence-electron chi connectivity index (χ3n) is 2.41. The van der Waals surface area contributed by atoms with Crippen molar-refractivity contribution in [1.82, 2.24) is 5.32 Å². The van der Waals surface area contributed by atoms with E-state index in [1.807, 2.05) is 11.3 Å². The lowest BCUT2D eigenvalue weighted by molar-refractivity contribution is 0.766. The van der Waals surface area contributed by atoms with Crippen molar-refractivity contribution in [3.63, 3.8) is 0 Å². The maximum atomic E-state index is 3.79. The molecule has 0 aliphatic heterocycles. The summed E-state index contributed by atoms with van der Waals surface area (Å²) in [6.07, 6.45) is 3.94. The molecule has 0 amide bonds. The lowest BCUT2D eigenvalue weighted by Gasteiger charge is -2.00. The van der Waals surface area contributed by atoms with Crippen LogP contribution < -0.4 is 5.32 Å².